The summed E-state index contributed by atoms with van der Waals surface area (Å²) >= 11 is 0. The average Bonchev–Trinajstić information content (AvgIpc) is 3.51. The van der Waals surface area contributed by atoms with Crippen LogP contribution in [0.1, 0.15) is 0 Å². The van der Waals surface area contributed by atoms with Crippen molar-refractivity contribution in [1.82, 2.24) is 19.1 Å². The number of rotatable bonds is 3. The number of halogens is 2. The van der Waals surface area contributed by atoms with E-state index in [1.807, 2.05) is 94.1 Å². The zero-order valence-electron chi connectivity index (χ0n) is 21.1. The largest absolute Gasteiger partial charge is 0.308 e. The molecule has 0 bridgehead atoms. The van der Waals surface area contributed by atoms with E-state index in [-0.39, 0.29) is 11.1 Å². The number of hydrogen-bond acceptors (Lipinski definition) is 2. The third kappa shape index (κ3) is 3.23. The summed E-state index contributed by atoms with van der Waals surface area (Å²) in [4.78, 5) is 9.10. The summed E-state index contributed by atoms with van der Waals surface area (Å²) in [5.41, 5.74) is 7.03. The number of fused-ring (bicyclic) bond motifs is 6. The Bertz CT molecular complexity index is 1990. The van der Waals surface area contributed by atoms with Crippen molar-refractivity contribution in [2.24, 2.45) is 0 Å². The highest BCUT2D eigenvalue weighted by atomic mass is 19.1. The van der Waals surface area contributed by atoms with Gasteiger partial charge in [0, 0.05) is 45.7 Å². The van der Waals surface area contributed by atoms with Gasteiger partial charge >= 0.3 is 0 Å². The topological polar surface area (TPSA) is 35.6 Å². The molecule has 0 spiro atoms. The van der Waals surface area contributed by atoms with Crippen molar-refractivity contribution in [3.8, 4) is 22.5 Å². The molecular weight excluding hydrogens is 502 g/mol. The maximum atomic E-state index is 15.7. The van der Waals surface area contributed by atoms with E-state index < -0.39 is 11.6 Å². The molecule has 6 heteroatoms. The SMILES string of the molecule is Fc1cc(-n2c3ccccc3c3ncccc32)ccc1-c1ccc(-n2c3ccccc3c3ncccc32)cc1F. The molecule has 4 aromatic carbocycles. The molecule has 8 aromatic rings. The Balaban J connectivity index is 1.25. The van der Waals surface area contributed by atoms with Crippen LogP contribution in [0.4, 0.5) is 8.78 Å². The molecule has 0 aliphatic heterocycles. The van der Waals surface area contributed by atoms with E-state index in [2.05, 4.69) is 9.97 Å². The normalized spacial score (nSPS) is 11.8. The minimum Gasteiger partial charge on any atom is -0.308 e. The van der Waals surface area contributed by atoms with Gasteiger partial charge in [0.05, 0.1) is 33.1 Å². The average molecular weight is 523 g/mol. The smallest absolute Gasteiger partial charge is 0.133 e. The lowest BCUT2D eigenvalue weighted by Gasteiger charge is -2.13. The molecular formula is C34H20F2N4. The van der Waals surface area contributed by atoms with Crippen LogP contribution in [0.5, 0.6) is 0 Å². The summed E-state index contributed by atoms with van der Waals surface area (Å²) in [6, 6.07) is 33.4. The van der Waals surface area contributed by atoms with Crippen molar-refractivity contribution in [1.29, 1.82) is 0 Å². The summed E-state index contributed by atoms with van der Waals surface area (Å²) in [6.45, 7) is 0. The van der Waals surface area contributed by atoms with E-state index in [1.54, 1.807) is 24.5 Å². The lowest BCUT2D eigenvalue weighted by molar-refractivity contribution is 0.615. The van der Waals surface area contributed by atoms with Gasteiger partial charge in [-0.2, -0.15) is 0 Å². The van der Waals surface area contributed by atoms with Gasteiger partial charge < -0.3 is 9.13 Å². The second kappa shape index (κ2) is 8.58. The number of pyridine rings is 2. The van der Waals surface area contributed by atoms with Crippen molar-refractivity contribution >= 4 is 43.9 Å². The van der Waals surface area contributed by atoms with Crippen molar-refractivity contribution < 1.29 is 8.78 Å². The fourth-order valence-electron chi connectivity index (χ4n) is 5.85. The van der Waals surface area contributed by atoms with Crippen molar-refractivity contribution in [3.05, 3.63) is 133 Å². The van der Waals surface area contributed by atoms with Gasteiger partial charge in [0.25, 0.3) is 0 Å². The molecule has 0 atom stereocenters. The zero-order valence-corrected chi connectivity index (χ0v) is 21.1. The Kier molecular flexibility index (Phi) is 4.85. The summed E-state index contributed by atoms with van der Waals surface area (Å²) < 4.78 is 35.4. The number of nitrogens with zero attached hydrogens (tertiary/aromatic N) is 4. The molecule has 0 aliphatic rings. The highest BCUT2D eigenvalue weighted by Gasteiger charge is 2.18. The van der Waals surface area contributed by atoms with Gasteiger partial charge in [-0.25, -0.2) is 8.78 Å². The van der Waals surface area contributed by atoms with Crippen molar-refractivity contribution in [2.45, 2.75) is 0 Å². The van der Waals surface area contributed by atoms with E-state index >= 15 is 8.78 Å². The highest BCUT2D eigenvalue weighted by Crippen LogP contribution is 2.35. The van der Waals surface area contributed by atoms with Gasteiger partial charge in [-0.05, 0) is 72.8 Å². The van der Waals surface area contributed by atoms with Crippen LogP contribution in [0.15, 0.2) is 122 Å². The predicted octanol–water partition coefficient (Wildman–Crippen LogP) is 8.62. The zero-order chi connectivity index (χ0) is 26.8. The molecule has 0 unspecified atom stereocenters. The molecule has 40 heavy (non-hydrogen) atoms. The molecule has 4 nitrogen and oxygen atoms in total. The maximum absolute atomic E-state index is 15.7. The van der Waals surface area contributed by atoms with Gasteiger partial charge in [-0.15, -0.1) is 0 Å². The van der Waals surface area contributed by atoms with Gasteiger partial charge in [0.2, 0.25) is 0 Å². The lowest BCUT2D eigenvalue weighted by Crippen LogP contribution is -1.98. The second-order valence-electron chi connectivity index (χ2n) is 9.78. The van der Waals surface area contributed by atoms with E-state index in [1.165, 1.54) is 12.1 Å². The van der Waals surface area contributed by atoms with Crippen LogP contribution < -0.4 is 0 Å². The van der Waals surface area contributed by atoms with Gasteiger partial charge in [0.1, 0.15) is 11.6 Å². The molecule has 190 valence electrons. The number of benzene rings is 4. The molecule has 0 fully saturated rings. The van der Waals surface area contributed by atoms with Crippen LogP contribution in [0.25, 0.3) is 66.4 Å². The predicted molar refractivity (Wildman–Crippen MR) is 156 cm³/mol. The first-order valence-corrected chi connectivity index (χ1v) is 13.0. The Morgan fingerprint density at radius 3 is 1.32 bits per heavy atom. The van der Waals surface area contributed by atoms with Crippen molar-refractivity contribution in [3.63, 3.8) is 0 Å². The second-order valence-corrected chi connectivity index (χ2v) is 9.78. The van der Waals surface area contributed by atoms with Crippen LogP contribution in [-0.4, -0.2) is 19.1 Å². The molecule has 4 heterocycles. The molecule has 0 saturated heterocycles. The van der Waals surface area contributed by atoms with E-state index in [0.29, 0.717) is 11.4 Å². The fraction of sp³-hybridized carbons (Fsp3) is 0. The van der Waals surface area contributed by atoms with E-state index in [9.17, 15) is 0 Å². The van der Waals surface area contributed by atoms with Crippen LogP contribution in [0, 0.1) is 11.6 Å². The molecule has 0 saturated carbocycles. The van der Waals surface area contributed by atoms with Gasteiger partial charge in [-0.3, -0.25) is 9.97 Å². The highest BCUT2D eigenvalue weighted by molar-refractivity contribution is 6.07. The maximum Gasteiger partial charge on any atom is 0.133 e. The summed E-state index contributed by atoms with van der Waals surface area (Å²) in [5.74, 6) is -1.000. The summed E-state index contributed by atoms with van der Waals surface area (Å²) in [5, 5.41) is 1.98. The minimum atomic E-state index is -0.500. The summed E-state index contributed by atoms with van der Waals surface area (Å²) in [6.07, 6.45) is 3.51. The quantitative estimate of drug-likeness (QED) is 0.233. The Morgan fingerprint density at radius 2 is 0.875 bits per heavy atom. The van der Waals surface area contributed by atoms with Gasteiger partial charge in [0.15, 0.2) is 0 Å². The molecule has 8 rings (SSSR count). The summed E-state index contributed by atoms with van der Waals surface area (Å²) in [7, 11) is 0. The van der Waals surface area contributed by atoms with Crippen molar-refractivity contribution in [2.75, 3.05) is 0 Å². The third-order valence-electron chi connectivity index (χ3n) is 7.57. The molecule has 0 radical (unpaired) electrons. The third-order valence-corrected chi connectivity index (χ3v) is 7.57. The van der Waals surface area contributed by atoms with Crippen LogP contribution in [-0.2, 0) is 0 Å². The van der Waals surface area contributed by atoms with Crippen LogP contribution >= 0.6 is 0 Å². The van der Waals surface area contributed by atoms with Crippen LogP contribution in [0.2, 0.25) is 0 Å². The van der Waals surface area contributed by atoms with Crippen LogP contribution in [0.3, 0.4) is 0 Å². The lowest BCUT2D eigenvalue weighted by atomic mass is 10.0. The first-order valence-electron chi connectivity index (χ1n) is 13.0. The van der Waals surface area contributed by atoms with E-state index in [0.717, 1.165) is 43.9 Å². The Morgan fingerprint density at radius 1 is 0.450 bits per heavy atom. The van der Waals surface area contributed by atoms with Gasteiger partial charge in [-0.1, -0.05) is 36.4 Å². The minimum absolute atomic E-state index is 0.204. The molecule has 0 amide bonds. The Labute approximate surface area is 227 Å². The molecule has 0 N–H and O–H groups in total. The first-order chi connectivity index (χ1) is 19.7. The standard InChI is InChI=1S/C34H20F2N4/c35-27-19-21(39-29-9-3-1-7-25(29)33-31(39)11-5-17-37-33)13-15-23(27)24-16-14-22(20-28(24)36)40-30-10-4-2-8-26(30)34-32(40)12-6-18-38-34/h1-20H. The monoisotopic (exact) mass is 522 g/mol. The van der Waals surface area contributed by atoms with E-state index in [4.69, 9.17) is 0 Å². The number of hydrogen-bond donors (Lipinski definition) is 0. The number of aromatic nitrogens is 4. The Hall–Kier alpha value is -5.36. The fourth-order valence-corrected chi connectivity index (χ4v) is 5.85. The number of para-hydroxylation sites is 2. The molecule has 0 aliphatic carbocycles. The first kappa shape index (κ1) is 22.6. The molecule has 4 aromatic heterocycles.